The van der Waals surface area contributed by atoms with Gasteiger partial charge in [0.05, 0.1) is 11.0 Å². The zero-order valence-corrected chi connectivity index (χ0v) is 12.4. The molecule has 0 aromatic heterocycles. The third-order valence-corrected chi connectivity index (χ3v) is 4.25. The molecule has 6 heteroatoms. The van der Waals surface area contributed by atoms with E-state index in [-0.39, 0.29) is 11.0 Å². The first-order chi connectivity index (χ1) is 7.87. The molecule has 0 saturated carbocycles. The summed E-state index contributed by atoms with van der Waals surface area (Å²) in [6.07, 6.45) is -1.18. The maximum Gasteiger partial charge on any atom is 0.210 e. The first-order valence-electron chi connectivity index (χ1n) is 5.23. The fourth-order valence-electron chi connectivity index (χ4n) is 2.14. The zero-order valence-electron chi connectivity index (χ0n) is 10.3. The molecule has 0 bridgehead atoms. The molecule has 0 unspecified atom stereocenters. The second-order valence-electron chi connectivity index (χ2n) is 4.21. The Kier molecular flexibility index (Phi) is 4.96. The highest BCUT2D eigenvalue weighted by molar-refractivity contribution is 14.1. The second kappa shape index (κ2) is 5.50. The van der Waals surface area contributed by atoms with E-state index in [9.17, 15) is 10.2 Å². The average Bonchev–Trinajstić information content (AvgIpc) is 2.32. The van der Waals surface area contributed by atoms with Gasteiger partial charge < -0.3 is 24.4 Å². The molecule has 4 atom stereocenters. The molecule has 0 aliphatic carbocycles. The zero-order chi connectivity index (χ0) is 13.3. The van der Waals surface area contributed by atoms with Gasteiger partial charge >= 0.3 is 0 Å². The van der Waals surface area contributed by atoms with Gasteiger partial charge in [0.25, 0.3) is 0 Å². The molecule has 1 aliphatic heterocycles. The largest absolute Gasteiger partial charge is 0.377 e. The lowest BCUT2D eigenvalue weighted by Crippen LogP contribution is -2.72. The first kappa shape index (κ1) is 15.3. The Morgan fingerprint density at radius 2 is 2.06 bits per heavy atom. The molecule has 100 valence electrons. The predicted molar refractivity (Wildman–Crippen MR) is 71.1 cm³/mol. The van der Waals surface area contributed by atoms with Gasteiger partial charge in [-0.05, 0) is 12.5 Å². The maximum atomic E-state index is 10.7. The summed E-state index contributed by atoms with van der Waals surface area (Å²) in [7, 11) is 2.97. The molecule has 0 amide bonds. The molecular weight excluding hydrogens is 339 g/mol. The van der Waals surface area contributed by atoms with Crippen LogP contribution in [0.2, 0.25) is 0 Å². The van der Waals surface area contributed by atoms with E-state index in [2.05, 4.69) is 6.58 Å². The Balaban J connectivity index is 3.21. The van der Waals surface area contributed by atoms with Gasteiger partial charge in [-0.3, -0.25) is 0 Å². The highest BCUT2D eigenvalue weighted by atomic mass is 127. The minimum atomic E-state index is -1.71. The molecule has 0 spiro atoms. The Morgan fingerprint density at radius 3 is 2.41 bits per heavy atom. The lowest BCUT2D eigenvalue weighted by Gasteiger charge is -2.52. The van der Waals surface area contributed by atoms with Crippen molar-refractivity contribution in [3.05, 3.63) is 12.2 Å². The first-order valence-corrected chi connectivity index (χ1v) is 6.76. The van der Waals surface area contributed by atoms with Crippen molar-refractivity contribution in [2.24, 2.45) is 0 Å². The number of alkyl halides is 1. The molecule has 1 fully saturated rings. The van der Waals surface area contributed by atoms with E-state index in [1.807, 2.05) is 22.6 Å². The van der Waals surface area contributed by atoms with E-state index in [0.717, 1.165) is 0 Å². The quantitative estimate of drug-likeness (QED) is 0.435. The van der Waals surface area contributed by atoms with E-state index < -0.39 is 23.6 Å². The minimum absolute atomic E-state index is 0.157. The second-order valence-corrected chi connectivity index (χ2v) is 4.97. The molecule has 1 rings (SSSR count). The van der Waals surface area contributed by atoms with Crippen molar-refractivity contribution < 1.29 is 24.4 Å². The van der Waals surface area contributed by atoms with E-state index in [0.29, 0.717) is 5.57 Å². The summed E-state index contributed by atoms with van der Waals surface area (Å²) in [5.41, 5.74) is -1.31. The highest BCUT2D eigenvalue weighted by Gasteiger charge is 2.61. The minimum Gasteiger partial charge on any atom is -0.377 e. The van der Waals surface area contributed by atoms with Crippen LogP contribution in [0.3, 0.4) is 0 Å². The van der Waals surface area contributed by atoms with Crippen LogP contribution in [-0.2, 0) is 14.2 Å². The van der Waals surface area contributed by atoms with Gasteiger partial charge in [-0.15, -0.1) is 0 Å². The van der Waals surface area contributed by atoms with Gasteiger partial charge in [0, 0.05) is 14.2 Å². The van der Waals surface area contributed by atoms with Crippen molar-refractivity contribution in [1.29, 1.82) is 0 Å². The van der Waals surface area contributed by atoms with Gasteiger partial charge in [-0.2, -0.15) is 0 Å². The Labute approximate surface area is 115 Å². The van der Waals surface area contributed by atoms with Crippen LogP contribution in [0.5, 0.6) is 0 Å². The van der Waals surface area contributed by atoms with Crippen molar-refractivity contribution in [2.75, 3.05) is 25.3 Å². The van der Waals surface area contributed by atoms with Crippen LogP contribution in [0.4, 0.5) is 0 Å². The third kappa shape index (κ3) is 2.26. The number of methoxy groups -OCH3 is 2. The van der Waals surface area contributed by atoms with Crippen LogP contribution >= 0.6 is 22.6 Å². The summed E-state index contributed by atoms with van der Waals surface area (Å²) in [4.78, 5) is 0. The van der Waals surface area contributed by atoms with Gasteiger partial charge in [-0.1, -0.05) is 29.2 Å². The Morgan fingerprint density at radius 1 is 1.47 bits per heavy atom. The SMILES string of the molecule is C=C(C)[C@@]1(O)[C@H](OC)[C@H](OC)CO[C@]1(O)CI. The third-order valence-electron chi connectivity index (χ3n) is 3.22. The number of ether oxygens (including phenoxy) is 3. The molecule has 0 aromatic carbocycles. The topological polar surface area (TPSA) is 68.2 Å². The molecular formula is C11H19IO5. The van der Waals surface area contributed by atoms with Crippen molar-refractivity contribution in [3.8, 4) is 0 Å². The van der Waals surface area contributed by atoms with Crippen LogP contribution in [-0.4, -0.2) is 59.1 Å². The molecule has 5 nitrogen and oxygen atoms in total. The number of rotatable bonds is 4. The molecule has 0 aromatic rings. The van der Waals surface area contributed by atoms with Crippen molar-refractivity contribution in [2.45, 2.75) is 30.5 Å². The molecule has 1 heterocycles. The number of aliphatic hydroxyl groups is 2. The predicted octanol–water partition coefficient (Wildman–Crippen LogP) is 0.477. The lowest BCUT2D eigenvalue weighted by atomic mass is 9.78. The number of hydrogen-bond acceptors (Lipinski definition) is 5. The molecule has 1 saturated heterocycles. The maximum absolute atomic E-state index is 10.7. The van der Waals surface area contributed by atoms with E-state index in [1.165, 1.54) is 14.2 Å². The summed E-state index contributed by atoms with van der Waals surface area (Å²) >= 11 is 1.96. The van der Waals surface area contributed by atoms with Crippen LogP contribution in [0.15, 0.2) is 12.2 Å². The van der Waals surface area contributed by atoms with Crippen LogP contribution in [0.1, 0.15) is 6.92 Å². The molecule has 17 heavy (non-hydrogen) atoms. The van der Waals surface area contributed by atoms with Crippen molar-refractivity contribution >= 4 is 22.6 Å². The van der Waals surface area contributed by atoms with E-state index >= 15 is 0 Å². The van der Waals surface area contributed by atoms with E-state index in [1.54, 1.807) is 6.92 Å². The van der Waals surface area contributed by atoms with Crippen LogP contribution in [0.25, 0.3) is 0 Å². The monoisotopic (exact) mass is 358 g/mol. The Hall–Kier alpha value is 0.270. The fraction of sp³-hybridized carbons (Fsp3) is 0.818. The van der Waals surface area contributed by atoms with Crippen LogP contribution < -0.4 is 0 Å². The Bertz CT molecular complexity index is 298. The summed E-state index contributed by atoms with van der Waals surface area (Å²) in [6, 6.07) is 0. The van der Waals surface area contributed by atoms with Gasteiger partial charge in [0.2, 0.25) is 5.79 Å². The summed E-state index contributed by atoms with van der Waals surface area (Å²) in [5, 5.41) is 21.2. The fourth-order valence-corrected chi connectivity index (χ4v) is 2.94. The smallest absolute Gasteiger partial charge is 0.210 e. The highest BCUT2D eigenvalue weighted by Crippen LogP contribution is 2.41. The molecule has 2 N–H and O–H groups in total. The lowest BCUT2D eigenvalue weighted by molar-refractivity contribution is -0.346. The number of halogens is 1. The number of hydrogen-bond donors (Lipinski definition) is 2. The van der Waals surface area contributed by atoms with Crippen molar-refractivity contribution in [3.63, 3.8) is 0 Å². The molecule has 0 radical (unpaired) electrons. The summed E-state index contributed by atoms with van der Waals surface area (Å²) < 4.78 is 16.1. The summed E-state index contributed by atoms with van der Waals surface area (Å²) in [6.45, 7) is 5.52. The average molecular weight is 358 g/mol. The van der Waals surface area contributed by atoms with Gasteiger partial charge in [0.1, 0.15) is 12.2 Å². The van der Waals surface area contributed by atoms with E-state index in [4.69, 9.17) is 14.2 Å². The standard InChI is InChI=1S/C11H19IO5/c1-7(2)11(14)9(16-4)8(15-3)5-17-10(11,13)6-12/h8-9,13-14H,1,5-6H2,2-4H3/t8-,9-,10-,11-/m1/s1. The molecule has 1 aliphatic rings. The normalized spacial score (nSPS) is 42.5. The van der Waals surface area contributed by atoms with Gasteiger partial charge in [0.15, 0.2) is 5.60 Å². The van der Waals surface area contributed by atoms with Gasteiger partial charge in [-0.25, -0.2) is 0 Å². The summed E-state index contributed by atoms with van der Waals surface area (Å²) in [5.74, 6) is -1.71. The van der Waals surface area contributed by atoms with Crippen molar-refractivity contribution in [1.82, 2.24) is 0 Å². The van der Waals surface area contributed by atoms with Crippen LogP contribution in [0, 0.1) is 0 Å².